The van der Waals surface area contributed by atoms with E-state index in [1.165, 1.54) is 6.07 Å². The third kappa shape index (κ3) is 6.38. The Morgan fingerprint density at radius 3 is 2.53 bits per heavy atom. The molecule has 3 aromatic rings. The van der Waals surface area contributed by atoms with Crippen molar-refractivity contribution in [3.8, 4) is 11.3 Å². The van der Waals surface area contributed by atoms with Gasteiger partial charge in [0.1, 0.15) is 23.3 Å². The highest BCUT2D eigenvalue weighted by Gasteiger charge is 2.22. The molecule has 34 heavy (non-hydrogen) atoms. The molecule has 2 aromatic carbocycles. The topological polar surface area (TPSA) is 102 Å². The number of carboxylic acid groups (broad SMARTS) is 1. The minimum atomic E-state index is -0.804. The molecule has 7 nitrogen and oxygen atoms in total. The van der Waals surface area contributed by atoms with E-state index in [9.17, 15) is 14.0 Å². The van der Waals surface area contributed by atoms with Gasteiger partial charge in [-0.2, -0.15) is 11.8 Å². The Kier molecular flexibility index (Phi) is 8.70. The average Bonchev–Trinajstić information content (AvgIpc) is 3.21. The second kappa shape index (κ2) is 11.7. The van der Waals surface area contributed by atoms with Crippen LogP contribution in [-0.2, 0) is 21.7 Å². The van der Waals surface area contributed by atoms with Crippen molar-refractivity contribution in [2.45, 2.75) is 39.0 Å². The quantitative estimate of drug-likeness (QED) is 0.346. The molecule has 0 aliphatic carbocycles. The average molecular weight is 487 g/mol. The summed E-state index contributed by atoms with van der Waals surface area (Å²) < 4.78 is 24.9. The first-order chi connectivity index (χ1) is 16.3. The van der Waals surface area contributed by atoms with Gasteiger partial charge in [-0.25, -0.2) is 9.18 Å². The fourth-order valence-electron chi connectivity index (χ4n) is 3.23. The van der Waals surface area contributed by atoms with Crippen molar-refractivity contribution >= 4 is 29.5 Å². The number of aromatic nitrogens is 1. The summed E-state index contributed by atoms with van der Waals surface area (Å²) >= 11 is 1.55. The molecular weight excluding hydrogens is 459 g/mol. The number of aliphatic carboxylic acids is 1. The summed E-state index contributed by atoms with van der Waals surface area (Å²) in [7, 11) is 0. The summed E-state index contributed by atoms with van der Waals surface area (Å²) in [5, 5.41) is 15.7. The Bertz CT molecular complexity index is 1130. The first-order valence-electron chi connectivity index (χ1n) is 10.9. The standard InChI is InChI=1S/C25H27FN2O5S/c1-4-21-22(27-25(31)32-16(3)19-7-5-6-8-20(19)26)23(33-28-21)18-11-9-17(10-12-18)14-34-13-15(2)24(29)30/h5-12,15-16H,4,13-14H2,1-3H3,(H,27,31)(H,29,30). The van der Waals surface area contributed by atoms with Crippen LogP contribution in [0.25, 0.3) is 11.3 Å². The Labute approximate surface area is 201 Å². The molecular formula is C25H27FN2O5S. The number of hydrogen-bond acceptors (Lipinski definition) is 6. The number of ether oxygens (including phenoxy) is 1. The lowest BCUT2D eigenvalue weighted by Crippen LogP contribution is -2.17. The number of nitrogens with one attached hydrogen (secondary N) is 1. The number of halogens is 1. The molecule has 0 saturated carbocycles. The normalized spacial score (nSPS) is 12.7. The maximum absolute atomic E-state index is 14.0. The highest BCUT2D eigenvalue weighted by molar-refractivity contribution is 7.98. The second-order valence-electron chi connectivity index (χ2n) is 7.83. The van der Waals surface area contributed by atoms with Crippen LogP contribution in [0.4, 0.5) is 14.9 Å². The van der Waals surface area contributed by atoms with Crippen LogP contribution >= 0.6 is 11.8 Å². The van der Waals surface area contributed by atoms with Crippen LogP contribution in [0.15, 0.2) is 53.1 Å². The largest absolute Gasteiger partial charge is 0.481 e. The molecule has 9 heteroatoms. The van der Waals surface area contributed by atoms with Crippen molar-refractivity contribution in [3.63, 3.8) is 0 Å². The van der Waals surface area contributed by atoms with Crippen LogP contribution in [0.1, 0.15) is 43.7 Å². The Morgan fingerprint density at radius 2 is 1.88 bits per heavy atom. The van der Waals surface area contributed by atoms with Crippen molar-refractivity contribution in [2.24, 2.45) is 5.92 Å². The summed E-state index contributed by atoms with van der Waals surface area (Å²) in [6.07, 6.45) is -0.996. The van der Waals surface area contributed by atoms with E-state index in [0.29, 0.717) is 35.1 Å². The Balaban J connectivity index is 1.69. The lowest BCUT2D eigenvalue weighted by Gasteiger charge is -2.15. The van der Waals surface area contributed by atoms with Gasteiger partial charge in [-0.1, -0.05) is 61.5 Å². The van der Waals surface area contributed by atoms with Crippen LogP contribution in [0.2, 0.25) is 0 Å². The third-order valence-corrected chi connectivity index (χ3v) is 6.50. The number of carboxylic acids is 1. The molecule has 0 aliphatic heterocycles. The van der Waals surface area contributed by atoms with Gasteiger partial charge in [-0.15, -0.1) is 0 Å². The smallest absolute Gasteiger partial charge is 0.412 e. The predicted octanol–water partition coefficient (Wildman–Crippen LogP) is 6.31. The van der Waals surface area contributed by atoms with Crippen molar-refractivity contribution < 1.29 is 28.3 Å². The summed E-state index contributed by atoms with van der Waals surface area (Å²) in [6, 6.07) is 13.7. The van der Waals surface area contributed by atoms with Gasteiger partial charge in [-0.3, -0.25) is 10.1 Å². The Hall–Kier alpha value is -3.33. The van der Waals surface area contributed by atoms with Gasteiger partial charge in [0.15, 0.2) is 5.76 Å². The van der Waals surface area contributed by atoms with Crippen molar-refractivity contribution in [3.05, 3.63) is 71.2 Å². The van der Waals surface area contributed by atoms with E-state index < -0.39 is 29.9 Å². The molecule has 0 fully saturated rings. The van der Waals surface area contributed by atoms with E-state index in [0.717, 1.165) is 11.1 Å². The molecule has 0 radical (unpaired) electrons. The molecule has 1 amide bonds. The predicted molar refractivity (Wildman–Crippen MR) is 129 cm³/mol. The SMILES string of the molecule is CCc1noc(-c2ccc(CSCC(C)C(=O)O)cc2)c1NC(=O)OC(C)c1ccccc1F. The number of rotatable bonds is 10. The van der Waals surface area contributed by atoms with Crippen LogP contribution in [0.3, 0.4) is 0 Å². The summed E-state index contributed by atoms with van der Waals surface area (Å²) in [5.74, 6) is -0.0490. The number of anilines is 1. The number of benzene rings is 2. The minimum Gasteiger partial charge on any atom is -0.481 e. The van der Waals surface area contributed by atoms with Crippen molar-refractivity contribution in [1.29, 1.82) is 0 Å². The van der Waals surface area contributed by atoms with E-state index in [4.69, 9.17) is 14.4 Å². The molecule has 0 bridgehead atoms. The third-order valence-electron chi connectivity index (χ3n) is 5.23. The van der Waals surface area contributed by atoms with Gasteiger partial charge in [0.2, 0.25) is 0 Å². The van der Waals surface area contributed by atoms with Crippen LogP contribution in [0, 0.1) is 11.7 Å². The van der Waals surface area contributed by atoms with E-state index in [1.54, 1.807) is 43.8 Å². The number of nitrogens with zero attached hydrogens (tertiary/aromatic N) is 1. The number of carbonyl (C=O) groups excluding carboxylic acids is 1. The highest BCUT2D eigenvalue weighted by atomic mass is 32.2. The van der Waals surface area contributed by atoms with Crippen molar-refractivity contribution in [2.75, 3.05) is 11.1 Å². The molecule has 3 rings (SSSR count). The van der Waals surface area contributed by atoms with Crippen LogP contribution in [-0.4, -0.2) is 28.1 Å². The second-order valence-corrected chi connectivity index (χ2v) is 8.86. The number of amides is 1. The highest BCUT2D eigenvalue weighted by Crippen LogP contribution is 2.33. The fraction of sp³-hybridized carbons (Fsp3) is 0.320. The Morgan fingerprint density at radius 1 is 1.18 bits per heavy atom. The van der Waals surface area contributed by atoms with Gasteiger partial charge >= 0.3 is 12.1 Å². The zero-order valence-electron chi connectivity index (χ0n) is 19.2. The molecule has 1 aromatic heterocycles. The fourth-order valence-corrected chi connectivity index (χ4v) is 4.27. The first kappa shape index (κ1) is 25.3. The lowest BCUT2D eigenvalue weighted by molar-refractivity contribution is -0.140. The maximum atomic E-state index is 14.0. The molecule has 1 heterocycles. The van der Waals surface area contributed by atoms with E-state index in [-0.39, 0.29) is 5.56 Å². The van der Waals surface area contributed by atoms with Gasteiger partial charge in [-0.05, 0) is 25.0 Å². The van der Waals surface area contributed by atoms with E-state index in [1.807, 2.05) is 31.2 Å². The molecule has 2 N–H and O–H groups in total. The van der Waals surface area contributed by atoms with Gasteiger partial charge in [0.25, 0.3) is 0 Å². The lowest BCUT2D eigenvalue weighted by atomic mass is 10.1. The number of thioether (sulfide) groups is 1. The molecule has 180 valence electrons. The molecule has 0 spiro atoms. The molecule has 2 atom stereocenters. The summed E-state index contributed by atoms with van der Waals surface area (Å²) in [4.78, 5) is 23.5. The zero-order valence-corrected chi connectivity index (χ0v) is 20.0. The van der Waals surface area contributed by atoms with E-state index in [2.05, 4.69) is 10.5 Å². The summed E-state index contributed by atoms with van der Waals surface area (Å²) in [5.41, 5.74) is 3.01. The van der Waals surface area contributed by atoms with Crippen LogP contribution < -0.4 is 5.32 Å². The van der Waals surface area contributed by atoms with Crippen molar-refractivity contribution in [1.82, 2.24) is 5.16 Å². The molecule has 0 aliphatic rings. The number of carbonyl (C=O) groups is 2. The minimum absolute atomic E-state index is 0.283. The maximum Gasteiger partial charge on any atom is 0.412 e. The monoisotopic (exact) mass is 486 g/mol. The number of aryl methyl sites for hydroxylation is 1. The van der Waals surface area contributed by atoms with Gasteiger partial charge in [0.05, 0.1) is 5.92 Å². The zero-order chi connectivity index (χ0) is 24.7. The number of hydrogen-bond donors (Lipinski definition) is 2. The van der Waals surface area contributed by atoms with Gasteiger partial charge in [0, 0.05) is 22.6 Å². The summed E-state index contributed by atoms with van der Waals surface area (Å²) in [6.45, 7) is 5.17. The van der Waals surface area contributed by atoms with Gasteiger partial charge < -0.3 is 14.4 Å². The van der Waals surface area contributed by atoms with Crippen LogP contribution in [0.5, 0.6) is 0 Å². The first-order valence-corrected chi connectivity index (χ1v) is 12.1. The molecule has 0 saturated heterocycles. The molecule has 2 unspecified atom stereocenters. The van der Waals surface area contributed by atoms with E-state index >= 15 is 0 Å².